The van der Waals surface area contributed by atoms with Crippen LogP contribution in [-0.2, 0) is 22.7 Å². The average Bonchev–Trinajstić information content (AvgIpc) is 3.69. The van der Waals surface area contributed by atoms with Crippen LogP contribution >= 0.6 is 0 Å². The van der Waals surface area contributed by atoms with Gasteiger partial charge in [-0.3, -0.25) is 24.6 Å². The highest BCUT2D eigenvalue weighted by molar-refractivity contribution is 6.37. The Morgan fingerprint density at radius 2 is 1.57 bits per heavy atom. The summed E-state index contributed by atoms with van der Waals surface area (Å²) in [6.07, 6.45) is 3.96. The molecule has 0 atom stereocenters. The second-order valence-corrected chi connectivity index (χ2v) is 10.6. The van der Waals surface area contributed by atoms with Crippen molar-refractivity contribution in [3.05, 3.63) is 99.1 Å². The number of nitro benzene ring substituents is 1. The van der Waals surface area contributed by atoms with Crippen molar-refractivity contribution in [2.24, 2.45) is 0 Å². The molecule has 2 saturated heterocycles. The Labute approximate surface area is 232 Å². The van der Waals surface area contributed by atoms with E-state index in [4.69, 9.17) is 0 Å². The van der Waals surface area contributed by atoms with Crippen LogP contribution < -0.4 is 10.6 Å². The zero-order valence-corrected chi connectivity index (χ0v) is 22.2. The molecule has 2 N–H and O–H groups in total. The third kappa shape index (κ3) is 5.33. The predicted molar refractivity (Wildman–Crippen MR) is 154 cm³/mol. The van der Waals surface area contributed by atoms with Gasteiger partial charge >= 0.3 is 0 Å². The minimum Gasteiger partial charge on any atom is -0.354 e. The van der Waals surface area contributed by atoms with Crippen LogP contribution in [0.2, 0.25) is 0 Å². The molecule has 3 aromatic rings. The first kappa shape index (κ1) is 25.8. The van der Waals surface area contributed by atoms with E-state index in [0.717, 1.165) is 49.4 Å². The van der Waals surface area contributed by atoms with E-state index >= 15 is 0 Å². The number of nitrogens with zero attached hydrogens (tertiary/aromatic N) is 3. The molecular weight excluding hydrogens is 506 g/mol. The van der Waals surface area contributed by atoms with Crippen LogP contribution in [0.3, 0.4) is 0 Å². The van der Waals surface area contributed by atoms with Crippen molar-refractivity contribution in [1.29, 1.82) is 0 Å². The van der Waals surface area contributed by atoms with Gasteiger partial charge in [-0.2, -0.15) is 0 Å². The van der Waals surface area contributed by atoms with Crippen LogP contribution in [0.1, 0.15) is 47.9 Å². The van der Waals surface area contributed by atoms with E-state index < -0.39 is 4.92 Å². The van der Waals surface area contributed by atoms with Crippen molar-refractivity contribution < 1.29 is 14.5 Å². The van der Waals surface area contributed by atoms with E-state index in [1.165, 1.54) is 30.5 Å². The van der Waals surface area contributed by atoms with Crippen molar-refractivity contribution in [2.75, 3.05) is 30.3 Å². The lowest BCUT2D eigenvalue weighted by Crippen LogP contribution is -2.23. The molecule has 0 aliphatic carbocycles. The van der Waals surface area contributed by atoms with Gasteiger partial charge in [-0.25, -0.2) is 0 Å². The summed E-state index contributed by atoms with van der Waals surface area (Å²) in [6, 6.07) is 20.4. The standard InChI is InChI=1S/C31H31N5O4/c37-28-4-3-17-35(28)20-22-5-9-23(10-6-22)30(29-26-18-25(36(39)40)13-14-27(26)33-31(29)38)32-24-11-7-21(8-12-24)19-34-15-1-2-16-34/h5-14,18,32H,1-4,15-17,19-20H2,(H,33,38)/b30-29-. The minimum absolute atomic E-state index is 0.0796. The number of non-ortho nitro benzene ring substituents is 1. The molecule has 40 heavy (non-hydrogen) atoms. The molecule has 3 heterocycles. The number of likely N-dealkylation sites (tertiary alicyclic amines) is 2. The quantitative estimate of drug-likeness (QED) is 0.231. The summed E-state index contributed by atoms with van der Waals surface area (Å²) in [5, 5.41) is 17.8. The number of rotatable bonds is 8. The van der Waals surface area contributed by atoms with E-state index in [9.17, 15) is 19.7 Å². The molecule has 3 aromatic carbocycles. The summed E-state index contributed by atoms with van der Waals surface area (Å²) in [5.41, 5.74) is 5.66. The lowest BCUT2D eigenvalue weighted by Gasteiger charge is -2.18. The highest BCUT2D eigenvalue weighted by atomic mass is 16.6. The molecule has 0 saturated carbocycles. The topological polar surface area (TPSA) is 108 Å². The smallest absolute Gasteiger partial charge is 0.270 e. The maximum Gasteiger partial charge on any atom is 0.270 e. The number of carbonyl (C=O) groups is 2. The fourth-order valence-corrected chi connectivity index (χ4v) is 5.70. The van der Waals surface area contributed by atoms with Gasteiger partial charge in [0.25, 0.3) is 11.6 Å². The summed E-state index contributed by atoms with van der Waals surface area (Å²) in [7, 11) is 0. The van der Waals surface area contributed by atoms with Crippen molar-refractivity contribution >= 4 is 40.1 Å². The molecule has 9 heteroatoms. The second-order valence-electron chi connectivity index (χ2n) is 10.6. The number of benzene rings is 3. The van der Waals surface area contributed by atoms with Gasteiger partial charge in [-0.05, 0) is 67.2 Å². The monoisotopic (exact) mass is 537 g/mol. The van der Waals surface area contributed by atoms with Crippen molar-refractivity contribution in [2.45, 2.75) is 38.8 Å². The van der Waals surface area contributed by atoms with Crippen LogP contribution in [0.5, 0.6) is 0 Å². The van der Waals surface area contributed by atoms with Crippen molar-refractivity contribution in [3.8, 4) is 0 Å². The van der Waals surface area contributed by atoms with Crippen molar-refractivity contribution in [1.82, 2.24) is 9.80 Å². The number of nitrogens with one attached hydrogen (secondary N) is 2. The van der Waals surface area contributed by atoms with Gasteiger partial charge in [-0.15, -0.1) is 0 Å². The third-order valence-corrected chi connectivity index (χ3v) is 7.82. The van der Waals surface area contributed by atoms with Crippen LogP contribution in [0.25, 0.3) is 11.3 Å². The molecule has 9 nitrogen and oxygen atoms in total. The molecule has 6 rings (SSSR count). The van der Waals surface area contributed by atoms with Gasteiger partial charge in [0.05, 0.1) is 16.2 Å². The highest BCUT2D eigenvalue weighted by Gasteiger charge is 2.30. The largest absolute Gasteiger partial charge is 0.354 e. The number of amides is 2. The summed E-state index contributed by atoms with van der Waals surface area (Å²) >= 11 is 0. The van der Waals surface area contributed by atoms with Crippen LogP contribution in [0, 0.1) is 10.1 Å². The Kier molecular flexibility index (Phi) is 7.04. The van der Waals surface area contributed by atoms with E-state index in [2.05, 4.69) is 27.7 Å². The zero-order chi connectivity index (χ0) is 27.6. The van der Waals surface area contributed by atoms with Gasteiger partial charge in [0.1, 0.15) is 0 Å². The first-order chi connectivity index (χ1) is 19.4. The molecule has 0 aromatic heterocycles. The molecule has 0 bridgehead atoms. The van der Waals surface area contributed by atoms with E-state index in [0.29, 0.717) is 35.5 Å². The third-order valence-electron chi connectivity index (χ3n) is 7.82. The molecule has 2 fully saturated rings. The zero-order valence-electron chi connectivity index (χ0n) is 22.2. The normalized spacial score (nSPS) is 18.1. The number of carbonyl (C=O) groups excluding carboxylic acids is 2. The SMILES string of the molecule is O=C1Nc2ccc([N+](=O)[O-])cc2/C1=C(/Nc1ccc(CN2CCCC2)cc1)c1ccc(CN2CCCC2=O)cc1. The second kappa shape index (κ2) is 10.9. The molecule has 204 valence electrons. The van der Waals surface area contributed by atoms with Gasteiger partial charge in [0, 0.05) is 55.1 Å². The maximum atomic E-state index is 13.3. The summed E-state index contributed by atoms with van der Waals surface area (Å²) < 4.78 is 0. The lowest BCUT2D eigenvalue weighted by atomic mass is 9.98. The average molecular weight is 538 g/mol. The first-order valence-electron chi connectivity index (χ1n) is 13.7. The van der Waals surface area contributed by atoms with Crippen LogP contribution in [0.15, 0.2) is 66.7 Å². The van der Waals surface area contributed by atoms with Gasteiger partial charge in [0.15, 0.2) is 0 Å². The van der Waals surface area contributed by atoms with Crippen LogP contribution in [-0.4, -0.2) is 46.2 Å². The summed E-state index contributed by atoms with van der Waals surface area (Å²) in [4.78, 5) is 40.7. The number of hydrogen-bond acceptors (Lipinski definition) is 6. The Balaban J connectivity index is 1.35. The Hall–Kier alpha value is -4.50. The first-order valence-corrected chi connectivity index (χ1v) is 13.7. The molecule has 3 aliphatic rings. The molecule has 0 radical (unpaired) electrons. The molecule has 2 amide bonds. The molecule has 3 aliphatic heterocycles. The molecular formula is C31H31N5O4. The highest BCUT2D eigenvalue weighted by Crippen LogP contribution is 2.39. The van der Waals surface area contributed by atoms with E-state index in [1.54, 1.807) is 6.07 Å². The summed E-state index contributed by atoms with van der Waals surface area (Å²) in [5.74, 6) is -0.155. The van der Waals surface area contributed by atoms with Gasteiger partial charge in [-0.1, -0.05) is 36.4 Å². The van der Waals surface area contributed by atoms with Gasteiger partial charge in [0.2, 0.25) is 5.91 Å². The molecule has 0 unspecified atom stereocenters. The van der Waals surface area contributed by atoms with Gasteiger partial charge < -0.3 is 15.5 Å². The Bertz CT molecular complexity index is 1490. The fraction of sp³-hybridized carbons (Fsp3) is 0.290. The number of fused-ring (bicyclic) bond motifs is 1. The van der Waals surface area contributed by atoms with Crippen LogP contribution in [0.4, 0.5) is 17.1 Å². The minimum atomic E-state index is -0.457. The number of hydrogen-bond donors (Lipinski definition) is 2. The molecule has 0 spiro atoms. The number of nitro groups is 1. The number of anilines is 2. The summed E-state index contributed by atoms with van der Waals surface area (Å²) in [6.45, 7) is 4.47. The predicted octanol–water partition coefficient (Wildman–Crippen LogP) is 5.25. The Morgan fingerprint density at radius 3 is 2.25 bits per heavy atom. The fourth-order valence-electron chi connectivity index (χ4n) is 5.70. The van der Waals surface area contributed by atoms with E-state index in [-0.39, 0.29) is 17.5 Å². The lowest BCUT2D eigenvalue weighted by molar-refractivity contribution is -0.384. The van der Waals surface area contributed by atoms with Crippen molar-refractivity contribution in [3.63, 3.8) is 0 Å². The Morgan fingerprint density at radius 1 is 0.875 bits per heavy atom. The maximum absolute atomic E-state index is 13.3. The van der Waals surface area contributed by atoms with E-state index in [1.807, 2.05) is 41.3 Å².